The van der Waals surface area contributed by atoms with Gasteiger partial charge < -0.3 is 10.1 Å². The van der Waals surface area contributed by atoms with Gasteiger partial charge in [0.05, 0.1) is 18.9 Å². The van der Waals surface area contributed by atoms with Crippen LogP contribution in [0.25, 0.3) is 0 Å². The molecule has 1 rings (SSSR count). The minimum absolute atomic E-state index is 0.0367. The fraction of sp³-hybridized carbons (Fsp3) is 0.846. The van der Waals surface area contributed by atoms with E-state index in [0.717, 1.165) is 0 Å². The van der Waals surface area contributed by atoms with Gasteiger partial charge in [-0.15, -0.1) is 0 Å². The maximum Gasteiger partial charge on any atom is 0.391 e. The van der Waals surface area contributed by atoms with E-state index in [4.69, 9.17) is 4.74 Å². The van der Waals surface area contributed by atoms with Crippen LogP contribution in [0.2, 0.25) is 0 Å². The first-order valence-corrected chi connectivity index (χ1v) is 6.84. The van der Waals surface area contributed by atoms with Crippen LogP contribution in [0.5, 0.6) is 0 Å². The summed E-state index contributed by atoms with van der Waals surface area (Å²) in [6, 6.07) is 0. The molecule has 0 aromatic heterocycles. The van der Waals surface area contributed by atoms with Gasteiger partial charge in [-0.05, 0) is 26.2 Å². The van der Waals surface area contributed by atoms with E-state index in [-0.39, 0.29) is 32.4 Å². The van der Waals surface area contributed by atoms with Crippen LogP contribution in [0.1, 0.15) is 39.0 Å². The average molecular weight is 295 g/mol. The fourth-order valence-electron chi connectivity index (χ4n) is 2.39. The van der Waals surface area contributed by atoms with Crippen molar-refractivity contribution < 1.29 is 27.5 Å². The average Bonchev–Trinajstić information content (AvgIpc) is 2.38. The quantitative estimate of drug-likeness (QED) is 0.793. The zero-order valence-electron chi connectivity index (χ0n) is 11.5. The number of halogens is 3. The summed E-state index contributed by atoms with van der Waals surface area (Å²) >= 11 is 0. The second kappa shape index (κ2) is 7.50. The van der Waals surface area contributed by atoms with Gasteiger partial charge in [0.25, 0.3) is 0 Å². The standard InChI is InChI=1S/C13H20F3NO3/c1-2-20-11(18)6-7-17-12(19)9-4-3-5-10(8-9)13(14,15)16/h9-10H,2-8H2,1H3,(H,17,19). The van der Waals surface area contributed by atoms with E-state index < -0.39 is 29.9 Å². The molecule has 0 aliphatic heterocycles. The number of hydrogen-bond donors (Lipinski definition) is 1. The number of carbonyl (C=O) groups excluding carboxylic acids is 2. The Hall–Kier alpha value is -1.27. The van der Waals surface area contributed by atoms with E-state index in [1.165, 1.54) is 0 Å². The van der Waals surface area contributed by atoms with Gasteiger partial charge in [0.1, 0.15) is 0 Å². The molecule has 1 amide bonds. The highest BCUT2D eigenvalue weighted by Gasteiger charge is 2.43. The van der Waals surface area contributed by atoms with Crippen LogP contribution < -0.4 is 5.32 Å². The van der Waals surface area contributed by atoms with Crippen molar-refractivity contribution in [3.63, 3.8) is 0 Å². The molecule has 20 heavy (non-hydrogen) atoms. The predicted molar refractivity (Wildman–Crippen MR) is 65.8 cm³/mol. The minimum atomic E-state index is -4.23. The van der Waals surface area contributed by atoms with Gasteiger partial charge >= 0.3 is 12.1 Å². The summed E-state index contributed by atoms with van der Waals surface area (Å²) in [5.41, 5.74) is 0. The van der Waals surface area contributed by atoms with Crippen LogP contribution in [0.3, 0.4) is 0 Å². The van der Waals surface area contributed by atoms with Gasteiger partial charge in [-0.2, -0.15) is 13.2 Å². The number of rotatable bonds is 5. The Bertz CT molecular complexity index is 344. The van der Waals surface area contributed by atoms with Crippen LogP contribution in [0.15, 0.2) is 0 Å². The Kier molecular flexibility index (Phi) is 6.29. The van der Waals surface area contributed by atoms with Crippen molar-refractivity contribution in [1.29, 1.82) is 0 Å². The lowest BCUT2D eigenvalue weighted by molar-refractivity contribution is -0.186. The Morgan fingerprint density at radius 1 is 1.30 bits per heavy atom. The first-order valence-electron chi connectivity index (χ1n) is 6.84. The van der Waals surface area contributed by atoms with Crippen molar-refractivity contribution in [3.8, 4) is 0 Å². The summed E-state index contributed by atoms with van der Waals surface area (Å²) < 4.78 is 42.6. The molecule has 7 heteroatoms. The summed E-state index contributed by atoms with van der Waals surface area (Å²) in [4.78, 5) is 22.8. The molecule has 0 spiro atoms. The van der Waals surface area contributed by atoms with E-state index in [9.17, 15) is 22.8 Å². The lowest BCUT2D eigenvalue weighted by atomic mass is 9.80. The van der Waals surface area contributed by atoms with E-state index in [1.54, 1.807) is 6.92 Å². The fourth-order valence-corrected chi connectivity index (χ4v) is 2.39. The van der Waals surface area contributed by atoms with Gasteiger partial charge in [-0.1, -0.05) is 6.42 Å². The molecule has 1 fully saturated rings. The van der Waals surface area contributed by atoms with E-state index >= 15 is 0 Å². The minimum Gasteiger partial charge on any atom is -0.466 e. The molecular weight excluding hydrogens is 275 g/mol. The third-order valence-electron chi connectivity index (χ3n) is 3.44. The molecular formula is C13H20F3NO3. The Morgan fingerprint density at radius 3 is 2.60 bits per heavy atom. The third-order valence-corrected chi connectivity index (χ3v) is 3.44. The molecule has 0 heterocycles. The van der Waals surface area contributed by atoms with Gasteiger partial charge in [0.2, 0.25) is 5.91 Å². The van der Waals surface area contributed by atoms with Crippen LogP contribution in [-0.2, 0) is 14.3 Å². The van der Waals surface area contributed by atoms with Crippen molar-refractivity contribution in [1.82, 2.24) is 5.32 Å². The van der Waals surface area contributed by atoms with Gasteiger partial charge in [-0.25, -0.2) is 0 Å². The molecule has 0 aromatic rings. The second-order valence-electron chi connectivity index (χ2n) is 4.95. The molecule has 0 radical (unpaired) electrons. The van der Waals surface area contributed by atoms with E-state index in [1.807, 2.05) is 0 Å². The number of hydrogen-bond acceptors (Lipinski definition) is 3. The van der Waals surface area contributed by atoms with Crippen molar-refractivity contribution in [3.05, 3.63) is 0 Å². The molecule has 4 nitrogen and oxygen atoms in total. The Balaban J connectivity index is 2.34. The highest BCUT2D eigenvalue weighted by atomic mass is 19.4. The highest BCUT2D eigenvalue weighted by Crippen LogP contribution is 2.39. The molecule has 0 aromatic carbocycles. The number of carbonyl (C=O) groups is 2. The van der Waals surface area contributed by atoms with Crippen molar-refractivity contribution >= 4 is 11.9 Å². The van der Waals surface area contributed by atoms with Gasteiger partial charge in [-0.3, -0.25) is 9.59 Å². The first-order chi connectivity index (χ1) is 9.34. The maximum absolute atomic E-state index is 12.6. The van der Waals surface area contributed by atoms with Crippen LogP contribution in [-0.4, -0.2) is 31.2 Å². The monoisotopic (exact) mass is 295 g/mol. The van der Waals surface area contributed by atoms with Crippen LogP contribution in [0, 0.1) is 11.8 Å². The van der Waals surface area contributed by atoms with Crippen molar-refractivity contribution in [2.24, 2.45) is 11.8 Å². The highest BCUT2D eigenvalue weighted by molar-refractivity contribution is 5.79. The van der Waals surface area contributed by atoms with E-state index in [2.05, 4.69) is 5.32 Å². The van der Waals surface area contributed by atoms with Gasteiger partial charge in [0, 0.05) is 12.5 Å². The lowest BCUT2D eigenvalue weighted by Gasteiger charge is -2.29. The van der Waals surface area contributed by atoms with Crippen LogP contribution in [0.4, 0.5) is 13.2 Å². The van der Waals surface area contributed by atoms with Gasteiger partial charge in [0.15, 0.2) is 0 Å². The largest absolute Gasteiger partial charge is 0.466 e. The summed E-state index contributed by atoms with van der Waals surface area (Å²) in [6.45, 7) is 2.04. The molecule has 1 aliphatic rings. The predicted octanol–water partition coefficient (Wildman–Crippen LogP) is 2.42. The number of esters is 1. The number of amides is 1. The van der Waals surface area contributed by atoms with Crippen molar-refractivity contribution in [2.45, 2.75) is 45.2 Å². The number of alkyl halides is 3. The third kappa shape index (κ3) is 5.38. The Morgan fingerprint density at radius 2 is 2.00 bits per heavy atom. The molecule has 2 atom stereocenters. The number of ether oxygens (including phenoxy) is 1. The SMILES string of the molecule is CCOC(=O)CCNC(=O)C1CCCC(C(F)(F)F)C1. The molecule has 0 bridgehead atoms. The van der Waals surface area contributed by atoms with E-state index in [0.29, 0.717) is 12.8 Å². The molecule has 2 unspecified atom stereocenters. The normalized spacial score (nSPS) is 23.2. The molecule has 1 N–H and O–H groups in total. The zero-order valence-corrected chi connectivity index (χ0v) is 11.5. The number of nitrogens with one attached hydrogen (secondary N) is 1. The maximum atomic E-state index is 12.6. The second-order valence-corrected chi connectivity index (χ2v) is 4.95. The summed E-state index contributed by atoms with van der Waals surface area (Å²) in [5, 5.41) is 2.51. The molecule has 1 saturated carbocycles. The van der Waals surface area contributed by atoms with Crippen molar-refractivity contribution in [2.75, 3.05) is 13.2 Å². The Labute approximate surface area is 116 Å². The smallest absolute Gasteiger partial charge is 0.391 e. The molecule has 1 aliphatic carbocycles. The topological polar surface area (TPSA) is 55.4 Å². The lowest BCUT2D eigenvalue weighted by Crippen LogP contribution is -2.38. The molecule has 0 saturated heterocycles. The summed E-state index contributed by atoms with van der Waals surface area (Å²) in [7, 11) is 0. The molecule has 116 valence electrons. The summed E-state index contributed by atoms with van der Waals surface area (Å²) in [6.07, 6.45) is -3.39. The first kappa shape index (κ1) is 16.8. The summed E-state index contributed by atoms with van der Waals surface area (Å²) in [5.74, 6) is -2.83. The van der Waals surface area contributed by atoms with Crippen LogP contribution >= 0.6 is 0 Å². The zero-order chi connectivity index (χ0) is 15.2.